The monoisotopic (exact) mass is 274 g/mol. The molecule has 6 heteroatoms. The molecule has 0 saturated heterocycles. The first-order chi connectivity index (χ1) is 8.79. The van der Waals surface area contributed by atoms with Crippen LogP contribution in [0, 0.1) is 0 Å². The minimum Gasteiger partial charge on any atom is -0.346 e. The molecule has 0 heterocycles. The minimum absolute atomic E-state index is 0.501. The molecule has 0 aromatic heterocycles. The van der Waals surface area contributed by atoms with E-state index < -0.39 is 24.7 Å². The van der Waals surface area contributed by atoms with E-state index in [9.17, 15) is 18.0 Å². The minimum atomic E-state index is -4.38. The summed E-state index contributed by atoms with van der Waals surface area (Å²) in [6, 6.07) is 8.80. The standard InChI is InChI=1S/C13H17F3N2O/c1-10(12(19)17-9-13(14,15)16)18(2)8-11-6-4-3-5-7-11/h3-7,10H,8-9H2,1-2H3,(H,17,19). The number of carbonyl (C=O) groups is 1. The highest BCUT2D eigenvalue weighted by Gasteiger charge is 2.29. The zero-order valence-electron chi connectivity index (χ0n) is 10.9. The number of alkyl halides is 3. The van der Waals surface area contributed by atoms with Crippen LogP contribution in [-0.2, 0) is 11.3 Å². The molecule has 1 N–H and O–H groups in total. The lowest BCUT2D eigenvalue weighted by Crippen LogP contribution is -2.45. The van der Waals surface area contributed by atoms with Gasteiger partial charge in [0.2, 0.25) is 5.91 Å². The molecule has 1 unspecified atom stereocenters. The third kappa shape index (κ3) is 5.74. The molecule has 1 aromatic carbocycles. The molecule has 19 heavy (non-hydrogen) atoms. The lowest BCUT2D eigenvalue weighted by Gasteiger charge is -2.24. The molecular weight excluding hydrogens is 257 g/mol. The SMILES string of the molecule is CC(C(=O)NCC(F)(F)F)N(C)Cc1ccccc1. The predicted molar refractivity (Wildman–Crippen MR) is 66.4 cm³/mol. The number of rotatable bonds is 5. The Hall–Kier alpha value is -1.56. The van der Waals surface area contributed by atoms with Gasteiger partial charge in [0, 0.05) is 6.54 Å². The summed E-state index contributed by atoms with van der Waals surface area (Å²) in [4.78, 5) is 13.3. The van der Waals surface area contributed by atoms with Crippen LogP contribution >= 0.6 is 0 Å². The molecular formula is C13H17F3N2O. The summed E-state index contributed by atoms with van der Waals surface area (Å²) in [7, 11) is 1.70. The highest BCUT2D eigenvalue weighted by Crippen LogP contribution is 2.12. The van der Waals surface area contributed by atoms with Gasteiger partial charge in [0.05, 0.1) is 6.04 Å². The molecule has 0 radical (unpaired) electrons. The van der Waals surface area contributed by atoms with Gasteiger partial charge in [0.15, 0.2) is 0 Å². The van der Waals surface area contributed by atoms with E-state index >= 15 is 0 Å². The van der Waals surface area contributed by atoms with Gasteiger partial charge in [-0.2, -0.15) is 13.2 Å². The Balaban J connectivity index is 2.48. The molecule has 1 rings (SSSR count). The van der Waals surface area contributed by atoms with Crippen molar-refractivity contribution in [1.82, 2.24) is 10.2 Å². The van der Waals surface area contributed by atoms with Crippen molar-refractivity contribution in [2.75, 3.05) is 13.6 Å². The van der Waals surface area contributed by atoms with Gasteiger partial charge < -0.3 is 5.32 Å². The Kier molecular flexibility index (Phi) is 5.35. The fourth-order valence-electron chi connectivity index (χ4n) is 1.54. The molecule has 0 aliphatic carbocycles. The summed E-state index contributed by atoms with van der Waals surface area (Å²) in [5.41, 5.74) is 1.00. The zero-order chi connectivity index (χ0) is 14.5. The van der Waals surface area contributed by atoms with Crippen molar-refractivity contribution in [3.63, 3.8) is 0 Å². The van der Waals surface area contributed by atoms with Gasteiger partial charge in [-0.1, -0.05) is 30.3 Å². The van der Waals surface area contributed by atoms with Crippen LogP contribution in [0.1, 0.15) is 12.5 Å². The van der Waals surface area contributed by atoms with Crippen LogP contribution in [-0.4, -0.2) is 36.6 Å². The van der Waals surface area contributed by atoms with Crippen LogP contribution in [0.4, 0.5) is 13.2 Å². The molecule has 0 aliphatic heterocycles. The third-order valence-corrected chi connectivity index (χ3v) is 2.78. The Morgan fingerprint density at radius 1 is 1.32 bits per heavy atom. The molecule has 3 nitrogen and oxygen atoms in total. The normalized spacial score (nSPS) is 13.4. The summed E-state index contributed by atoms with van der Waals surface area (Å²) in [5.74, 6) is -0.629. The second-order valence-electron chi connectivity index (χ2n) is 4.41. The molecule has 1 aromatic rings. The maximum Gasteiger partial charge on any atom is 0.405 e. The van der Waals surface area contributed by atoms with Gasteiger partial charge in [-0.15, -0.1) is 0 Å². The van der Waals surface area contributed by atoms with Crippen molar-refractivity contribution < 1.29 is 18.0 Å². The van der Waals surface area contributed by atoms with Crippen molar-refractivity contribution >= 4 is 5.91 Å². The highest BCUT2D eigenvalue weighted by atomic mass is 19.4. The molecule has 0 fully saturated rings. The molecule has 0 saturated carbocycles. The largest absolute Gasteiger partial charge is 0.405 e. The number of carbonyl (C=O) groups excluding carboxylic acids is 1. The maximum absolute atomic E-state index is 12.0. The van der Waals surface area contributed by atoms with Crippen LogP contribution in [0.15, 0.2) is 30.3 Å². The van der Waals surface area contributed by atoms with Gasteiger partial charge in [-0.3, -0.25) is 9.69 Å². The predicted octanol–water partition coefficient (Wildman–Crippen LogP) is 2.19. The van der Waals surface area contributed by atoms with Crippen molar-refractivity contribution in [3.8, 4) is 0 Å². The fourth-order valence-corrected chi connectivity index (χ4v) is 1.54. The topological polar surface area (TPSA) is 32.3 Å². The van der Waals surface area contributed by atoms with E-state index in [1.165, 1.54) is 0 Å². The number of hydrogen-bond acceptors (Lipinski definition) is 2. The lowest BCUT2D eigenvalue weighted by molar-refractivity contribution is -0.141. The summed E-state index contributed by atoms with van der Waals surface area (Å²) in [6.07, 6.45) is -4.38. The first-order valence-corrected chi connectivity index (χ1v) is 5.88. The van der Waals surface area contributed by atoms with Gasteiger partial charge in [0.1, 0.15) is 6.54 Å². The van der Waals surface area contributed by atoms with Crippen LogP contribution in [0.5, 0.6) is 0 Å². The first kappa shape index (κ1) is 15.5. The zero-order valence-corrected chi connectivity index (χ0v) is 10.9. The highest BCUT2D eigenvalue weighted by molar-refractivity contribution is 5.81. The Morgan fingerprint density at radius 2 is 1.89 bits per heavy atom. The quantitative estimate of drug-likeness (QED) is 0.892. The fraction of sp³-hybridized carbons (Fsp3) is 0.462. The number of halogens is 3. The second-order valence-corrected chi connectivity index (χ2v) is 4.41. The molecule has 1 atom stereocenters. The smallest absolute Gasteiger partial charge is 0.346 e. The number of amides is 1. The lowest BCUT2D eigenvalue weighted by atomic mass is 10.2. The number of hydrogen-bond donors (Lipinski definition) is 1. The average Bonchev–Trinajstić information content (AvgIpc) is 2.35. The third-order valence-electron chi connectivity index (χ3n) is 2.78. The molecule has 1 amide bonds. The molecule has 0 aliphatic rings. The van der Waals surface area contributed by atoms with Crippen molar-refractivity contribution in [2.45, 2.75) is 25.7 Å². The van der Waals surface area contributed by atoms with Crippen molar-refractivity contribution in [1.29, 1.82) is 0 Å². The van der Waals surface area contributed by atoms with E-state index in [-0.39, 0.29) is 0 Å². The average molecular weight is 274 g/mol. The number of nitrogens with zero attached hydrogens (tertiary/aromatic N) is 1. The summed E-state index contributed by atoms with van der Waals surface area (Å²) >= 11 is 0. The first-order valence-electron chi connectivity index (χ1n) is 5.88. The number of nitrogens with one attached hydrogen (secondary N) is 1. The van der Waals surface area contributed by atoms with Crippen molar-refractivity contribution in [2.24, 2.45) is 0 Å². The van der Waals surface area contributed by atoms with Crippen LogP contribution in [0.3, 0.4) is 0 Å². The van der Waals surface area contributed by atoms with Gasteiger partial charge in [-0.25, -0.2) is 0 Å². The van der Waals surface area contributed by atoms with Crippen LogP contribution in [0.2, 0.25) is 0 Å². The van der Waals surface area contributed by atoms with Gasteiger partial charge in [-0.05, 0) is 19.5 Å². The Labute approximate surface area is 110 Å². The Morgan fingerprint density at radius 3 is 2.42 bits per heavy atom. The summed E-state index contributed by atoms with van der Waals surface area (Å²) < 4.78 is 36.0. The Bertz CT molecular complexity index is 406. The van der Waals surface area contributed by atoms with E-state index in [0.717, 1.165) is 5.56 Å². The van der Waals surface area contributed by atoms with Crippen molar-refractivity contribution in [3.05, 3.63) is 35.9 Å². The molecule has 106 valence electrons. The number of likely N-dealkylation sites (N-methyl/N-ethyl adjacent to an activating group) is 1. The number of benzene rings is 1. The van der Waals surface area contributed by atoms with Crippen LogP contribution in [0.25, 0.3) is 0 Å². The van der Waals surface area contributed by atoms with Gasteiger partial charge >= 0.3 is 6.18 Å². The summed E-state index contributed by atoms with van der Waals surface area (Å²) in [5, 5.41) is 1.88. The van der Waals surface area contributed by atoms with E-state index in [4.69, 9.17) is 0 Å². The van der Waals surface area contributed by atoms with Crippen LogP contribution < -0.4 is 5.32 Å². The maximum atomic E-state index is 12.0. The van der Waals surface area contributed by atoms with E-state index in [2.05, 4.69) is 0 Å². The van der Waals surface area contributed by atoms with E-state index in [1.807, 2.05) is 35.6 Å². The van der Waals surface area contributed by atoms with E-state index in [0.29, 0.717) is 6.54 Å². The molecule has 0 spiro atoms. The summed E-state index contributed by atoms with van der Waals surface area (Å²) in [6.45, 7) is 0.783. The van der Waals surface area contributed by atoms with E-state index in [1.54, 1.807) is 18.9 Å². The van der Waals surface area contributed by atoms with Gasteiger partial charge in [0.25, 0.3) is 0 Å². The second kappa shape index (κ2) is 6.56. The molecule has 0 bridgehead atoms.